The maximum atomic E-state index is 12.5. The van der Waals surface area contributed by atoms with Gasteiger partial charge in [0.05, 0.1) is 12.6 Å². The van der Waals surface area contributed by atoms with Crippen molar-refractivity contribution in [3.05, 3.63) is 0 Å². The molecule has 18 heavy (non-hydrogen) atoms. The number of hydrogen-bond acceptors (Lipinski definition) is 4. The molecule has 1 aliphatic heterocycles. The summed E-state index contributed by atoms with van der Waals surface area (Å²) in [6, 6.07) is 0. The molecule has 0 aromatic rings. The van der Waals surface area contributed by atoms with Crippen LogP contribution in [0.5, 0.6) is 0 Å². The van der Waals surface area contributed by atoms with E-state index in [1.807, 2.05) is 13.8 Å². The molecule has 0 bridgehead atoms. The lowest BCUT2D eigenvalue weighted by Crippen LogP contribution is -2.80. The lowest BCUT2D eigenvalue weighted by molar-refractivity contribution is -0.183. The Bertz CT molecular complexity index is 396. The Kier molecular flexibility index (Phi) is 2.90. The summed E-state index contributed by atoms with van der Waals surface area (Å²) >= 11 is 0. The van der Waals surface area contributed by atoms with E-state index in [4.69, 9.17) is 16.2 Å². The van der Waals surface area contributed by atoms with Gasteiger partial charge in [-0.3, -0.25) is 9.59 Å². The van der Waals surface area contributed by atoms with Gasteiger partial charge in [-0.05, 0) is 6.42 Å². The van der Waals surface area contributed by atoms with E-state index >= 15 is 0 Å². The van der Waals surface area contributed by atoms with Crippen molar-refractivity contribution in [1.82, 2.24) is 4.90 Å². The molecule has 1 saturated heterocycles. The van der Waals surface area contributed by atoms with Gasteiger partial charge in [0, 0.05) is 25.0 Å². The summed E-state index contributed by atoms with van der Waals surface area (Å²) < 4.78 is 5.63. The maximum absolute atomic E-state index is 12.5. The van der Waals surface area contributed by atoms with Crippen molar-refractivity contribution >= 4 is 11.8 Å². The van der Waals surface area contributed by atoms with Crippen molar-refractivity contribution in [2.75, 3.05) is 20.2 Å². The van der Waals surface area contributed by atoms with Gasteiger partial charge in [0.1, 0.15) is 5.54 Å². The Balaban J connectivity index is 2.21. The third kappa shape index (κ3) is 1.48. The standard InChI is InChI=1S/C12H21N3O3/c1-11(2)9-7(4-5-18-9)12(11,14)10(17)15(3)6-8(13)16/h7,9H,4-6,14H2,1-3H3,(H2,13,16). The normalized spacial score (nSPS) is 36.7. The van der Waals surface area contributed by atoms with E-state index in [0.29, 0.717) is 6.61 Å². The fraction of sp³-hybridized carbons (Fsp3) is 0.833. The Morgan fingerprint density at radius 2 is 2.06 bits per heavy atom. The van der Waals surface area contributed by atoms with E-state index in [1.54, 1.807) is 7.05 Å². The largest absolute Gasteiger partial charge is 0.377 e. The van der Waals surface area contributed by atoms with Crippen LogP contribution in [0.4, 0.5) is 0 Å². The van der Waals surface area contributed by atoms with Gasteiger partial charge in [-0.1, -0.05) is 13.8 Å². The predicted octanol–water partition coefficient (Wildman–Crippen LogP) is -0.927. The van der Waals surface area contributed by atoms with Crippen molar-refractivity contribution in [3.63, 3.8) is 0 Å². The number of fused-ring (bicyclic) bond motifs is 1. The lowest BCUT2D eigenvalue weighted by atomic mass is 9.47. The van der Waals surface area contributed by atoms with Crippen LogP contribution in [0.3, 0.4) is 0 Å². The topological polar surface area (TPSA) is 98.7 Å². The van der Waals surface area contributed by atoms with Crippen LogP contribution in [0.15, 0.2) is 0 Å². The first-order valence-corrected chi connectivity index (χ1v) is 6.17. The first kappa shape index (κ1) is 13.3. The molecule has 1 heterocycles. The van der Waals surface area contributed by atoms with Gasteiger partial charge in [0.25, 0.3) is 0 Å². The van der Waals surface area contributed by atoms with E-state index < -0.39 is 16.9 Å². The smallest absolute Gasteiger partial charge is 0.243 e. The quantitative estimate of drug-likeness (QED) is 0.680. The van der Waals surface area contributed by atoms with Crippen LogP contribution in [0.2, 0.25) is 0 Å². The monoisotopic (exact) mass is 255 g/mol. The summed E-state index contributed by atoms with van der Waals surface area (Å²) in [5.74, 6) is -0.723. The summed E-state index contributed by atoms with van der Waals surface area (Å²) in [5, 5.41) is 0. The summed E-state index contributed by atoms with van der Waals surface area (Å²) in [5.41, 5.74) is 10.1. The van der Waals surface area contributed by atoms with Crippen LogP contribution in [0.25, 0.3) is 0 Å². The number of nitrogens with two attached hydrogens (primary N) is 2. The molecule has 102 valence electrons. The third-order valence-corrected chi connectivity index (χ3v) is 4.55. The summed E-state index contributed by atoms with van der Waals surface area (Å²) in [4.78, 5) is 24.7. The molecule has 2 amide bonds. The number of rotatable bonds is 3. The van der Waals surface area contributed by atoms with Gasteiger partial charge in [0.15, 0.2) is 0 Å². The Morgan fingerprint density at radius 1 is 1.44 bits per heavy atom. The van der Waals surface area contributed by atoms with Crippen LogP contribution >= 0.6 is 0 Å². The molecule has 0 aromatic carbocycles. The minimum atomic E-state index is -0.960. The van der Waals surface area contributed by atoms with Gasteiger partial charge >= 0.3 is 0 Å². The van der Waals surface area contributed by atoms with Gasteiger partial charge in [-0.15, -0.1) is 0 Å². The molecule has 2 aliphatic rings. The second kappa shape index (κ2) is 3.93. The van der Waals surface area contributed by atoms with Crippen molar-refractivity contribution in [1.29, 1.82) is 0 Å². The number of primary amides is 1. The van der Waals surface area contributed by atoms with Crippen molar-refractivity contribution in [2.45, 2.75) is 31.9 Å². The number of amides is 2. The zero-order chi connectivity index (χ0) is 13.7. The molecular formula is C12H21N3O3. The number of hydrogen-bond donors (Lipinski definition) is 2. The van der Waals surface area contributed by atoms with Crippen molar-refractivity contribution < 1.29 is 14.3 Å². The SMILES string of the molecule is CN(CC(N)=O)C(=O)C1(N)C2CCOC2C1(C)C. The molecule has 1 aliphatic carbocycles. The highest BCUT2D eigenvalue weighted by Gasteiger charge is 2.71. The number of ether oxygens (including phenoxy) is 1. The zero-order valence-electron chi connectivity index (χ0n) is 11.1. The predicted molar refractivity (Wildman–Crippen MR) is 65.4 cm³/mol. The molecule has 4 N–H and O–H groups in total. The molecule has 1 saturated carbocycles. The van der Waals surface area contributed by atoms with E-state index in [0.717, 1.165) is 6.42 Å². The van der Waals surface area contributed by atoms with E-state index in [-0.39, 0.29) is 24.5 Å². The van der Waals surface area contributed by atoms with Crippen LogP contribution in [-0.4, -0.2) is 48.6 Å². The Morgan fingerprint density at radius 3 is 2.61 bits per heavy atom. The highest BCUT2D eigenvalue weighted by atomic mass is 16.5. The van der Waals surface area contributed by atoms with Crippen molar-refractivity contribution in [2.24, 2.45) is 22.8 Å². The first-order valence-electron chi connectivity index (χ1n) is 6.17. The van der Waals surface area contributed by atoms with E-state index in [2.05, 4.69) is 0 Å². The molecule has 3 unspecified atom stereocenters. The second-order valence-corrected chi connectivity index (χ2v) is 5.90. The summed E-state index contributed by atoms with van der Waals surface area (Å²) in [6.07, 6.45) is 0.828. The average molecular weight is 255 g/mol. The molecule has 2 rings (SSSR count). The number of likely N-dealkylation sites (N-methyl/N-ethyl adjacent to an activating group) is 1. The van der Waals surface area contributed by atoms with Gasteiger partial charge in [-0.25, -0.2) is 0 Å². The molecule has 2 fully saturated rings. The number of carbonyl (C=O) groups is 2. The third-order valence-electron chi connectivity index (χ3n) is 4.55. The fourth-order valence-corrected chi connectivity index (χ4v) is 3.44. The minimum Gasteiger partial charge on any atom is -0.377 e. The molecular weight excluding hydrogens is 234 g/mol. The van der Waals surface area contributed by atoms with Crippen LogP contribution in [0, 0.1) is 11.3 Å². The fourth-order valence-electron chi connectivity index (χ4n) is 3.44. The second-order valence-electron chi connectivity index (χ2n) is 5.90. The molecule has 6 heteroatoms. The molecule has 0 aromatic heterocycles. The van der Waals surface area contributed by atoms with Crippen molar-refractivity contribution in [3.8, 4) is 0 Å². The first-order chi connectivity index (χ1) is 8.23. The van der Waals surface area contributed by atoms with Gasteiger partial charge in [0.2, 0.25) is 11.8 Å². The Hall–Kier alpha value is -1.14. The van der Waals surface area contributed by atoms with Crippen LogP contribution in [0.1, 0.15) is 20.3 Å². The lowest BCUT2D eigenvalue weighted by Gasteiger charge is -2.61. The maximum Gasteiger partial charge on any atom is 0.243 e. The number of nitrogens with zero attached hydrogens (tertiary/aromatic N) is 1. The van der Waals surface area contributed by atoms with E-state index in [1.165, 1.54) is 4.90 Å². The van der Waals surface area contributed by atoms with Gasteiger partial charge < -0.3 is 21.1 Å². The molecule has 3 atom stereocenters. The molecule has 0 radical (unpaired) electrons. The zero-order valence-corrected chi connectivity index (χ0v) is 11.1. The molecule has 0 spiro atoms. The highest BCUT2D eigenvalue weighted by Crippen LogP contribution is 2.58. The molecule has 6 nitrogen and oxygen atoms in total. The minimum absolute atomic E-state index is 0.0356. The number of carbonyl (C=O) groups excluding carboxylic acids is 2. The Labute approximate surface area is 107 Å². The summed E-state index contributed by atoms with van der Waals surface area (Å²) in [7, 11) is 1.56. The summed E-state index contributed by atoms with van der Waals surface area (Å²) in [6.45, 7) is 4.42. The highest BCUT2D eigenvalue weighted by molar-refractivity contribution is 5.92. The van der Waals surface area contributed by atoms with Crippen LogP contribution in [-0.2, 0) is 14.3 Å². The van der Waals surface area contributed by atoms with Gasteiger partial charge in [-0.2, -0.15) is 0 Å². The van der Waals surface area contributed by atoms with Crippen LogP contribution < -0.4 is 11.5 Å². The average Bonchev–Trinajstić information content (AvgIpc) is 2.73. The van der Waals surface area contributed by atoms with E-state index in [9.17, 15) is 9.59 Å².